The number of carbonyl (C=O) groups is 2. The lowest BCUT2D eigenvalue weighted by Crippen LogP contribution is -2.25. The minimum atomic E-state index is -0.859. The van der Waals surface area contributed by atoms with Crippen LogP contribution in [-0.4, -0.2) is 33.1 Å². The van der Waals surface area contributed by atoms with Gasteiger partial charge in [-0.1, -0.05) is 6.07 Å². The Balaban J connectivity index is 2.13. The highest BCUT2D eigenvalue weighted by Gasteiger charge is 2.16. The van der Waals surface area contributed by atoms with Crippen molar-refractivity contribution in [2.24, 2.45) is 0 Å². The number of pyridine rings is 1. The molecule has 0 aromatic carbocycles. The Labute approximate surface area is 128 Å². The maximum absolute atomic E-state index is 12.2. The van der Waals surface area contributed by atoms with Crippen LogP contribution in [0.15, 0.2) is 30.5 Å². The number of nitrogens with one attached hydrogen (secondary N) is 1. The zero-order valence-electron chi connectivity index (χ0n) is 12.7. The van der Waals surface area contributed by atoms with Gasteiger partial charge in [0.25, 0.3) is 5.91 Å². The number of amides is 1. The Morgan fingerprint density at radius 3 is 2.73 bits per heavy atom. The molecule has 2 N–H and O–H groups in total. The molecule has 2 aromatic heterocycles. The van der Waals surface area contributed by atoms with E-state index in [2.05, 4.69) is 10.3 Å². The molecule has 1 amide bonds. The number of nitrogens with zero attached hydrogens (tertiary/aromatic N) is 2. The van der Waals surface area contributed by atoms with Gasteiger partial charge < -0.3 is 15.0 Å². The monoisotopic (exact) mass is 301 g/mol. The lowest BCUT2D eigenvalue weighted by atomic mass is 10.2. The average molecular weight is 301 g/mol. The highest BCUT2D eigenvalue weighted by Crippen LogP contribution is 2.19. The van der Waals surface area contributed by atoms with Crippen LogP contribution < -0.4 is 5.32 Å². The van der Waals surface area contributed by atoms with Crippen molar-refractivity contribution in [3.05, 3.63) is 47.4 Å². The SMILES string of the molecule is Cc1cc(C(=O)NCCCC(=O)O)c(C)n1-c1ccccn1. The van der Waals surface area contributed by atoms with Crippen LogP contribution in [0.1, 0.15) is 34.6 Å². The molecule has 6 heteroatoms. The van der Waals surface area contributed by atoms with E-state index < -0.39 is 5.97 Å². The summed E-state index contributed by atoms with van der Waals surface area (Å²) in [4.78, 5) is 27.0. The lowest BCUT2D eigenvalue weighted by molar-refractivity contribution is -0.137. The molecule has 2 rings (SSSR count). The van der Waals surface area contributed by atoms with Gasteiger partial charge in [-0.2, -0.15) is 0 Å². The van der Waals surface area contributed by atoms with Gasteiger partial charge in [-0.3, -0.25) is 9.59 Å². The first-order valence-electron chi connectivity index (χ1n) is 7.11. The number of carboxylic acid groups (broad SMARTS) is 1. The van der Waals surface area contributed by atoms with E-state index in [1.54, 1.807) is 6.20 Å². The fourth-order valence-corrected chi connectivity index (χ4v) is 2.37. The lowest BCUT2D eigenvalue weighted by Gasteiger charge is -2.08. The minimum absolute atomic E-state index is 0.0488. The van der Waals surface area contributed by atoms with Crippen LogP contribution >= 0.6 is 0 Å². The number of aryl methyl sites for hydroxylation is 1. The van der Waals surface area contributed by atoms with Crippen LogP contribution in [0.3, 0.4) is 0 Å². The number of rotatable bonds is 6. The normalized spacial score (nSPS) is 10.5. The van der Waals surface area contributed by atoms with E-state index in [-0.39, 0.29) is 12.3 Å². The molecule has 0 saturated heterocycles. The molecule has 2 heterocycles. The summed E-state index contributed by atoms with van der Waals surface area (Å²) >= 11 is 0. The molecular weight excluding hydrogens is 282 g/mol. The van der Waals surface area contributed by atoms with Crippen LogP contribution in [0.25, 0.3) is 5.82 Å². The Kier molecular flexibility index (Phi) is 4.93. The molecule has 0 spiro atoms. The van der Waals surface area contributed by atoms with Gasteiger partial charge in [-0.05, 0) is 38.5 Å². The van der Waals surface area contributed by atoms with Crippen LogP contribution in [-0.2, 0) is 4.79 Å². The maximum atomic E-state index is 12.2. The molecule has 2 aromatic rings. The van der Waals surface area contributed by atoms with Crippen molar-refractivity contribution in [1.29, 1.82) is 0 Å². The summed E-state index contributed by atoms with van der Waals surface area (Å²) in [5.41, 5.74) is 2.32. The van der Waals surface area contributed by atoms with Gasteiger partial charge in [-0.25, -0.2) is 4.98 Å². The van der Waals surface area contributed by atoms with Crippen molar-refractivity contribution in [3.63, 3.8) is 0 Å². The first-order chi connectivity index (χ1) is 10.5. The second-order valence-corrected chi connectivity index (χ2v) is 5.06. The molecule has 0 atom stereocenters. The molecule has 22 heavy (non-hydrogen) atoms. The number of hydrogen-bond donors (Lipinski definition) is 2. The van der Waals surface area contributed by atoms with Crippen molar-refractivity contribution in [2.45, 2.75) is 26.7 Å². The summed E-state index contributed by atoms with van der Waals surface area (Å²) in [6, 6.07) is 7.44. The van der Waals surface area contributed by atoms with Crippen molar-refractivity contribution in [3.8, 4) is 5.82 Å². The largest absolute Gasteiger partial charge is 0.481 e. The van der Waals surface area contributed by atoms with E-state index in [4.69, 9.17) is 5.11 Å². The Bertz CT molecular complexity index is 677. The van der Waals surface area contributed by atoms with E-state index in [0.717, 1.165) is 17.2 Å². The van der Waals surface area contributed by atoms with Gasteiger partial charge in [0, 0.05) is 30.6 Å². The molecule has 0 aliphatic heterocycles. The molecule has 0 aliphatic carbocycles. The van der Waals surface area contributed by atoms with Gasteiger partial charge in [0.2, 0.25) is 0 Å². The van der Waals surface area contributed by atoms with Crippen molar-refractivity contribution < 1.29 is 14.7 Å². The minimum Gasteiger partial charge on any atom is -0.481 e. The van der Waals surface area contributed by atoms with E-state index in [1.807, 2.05) is 42.7 Å². The van der Waals surface area contributed by atoms with Gasteiger partial charge in [0.05, 0.1) is 5.56 Å². The van der Waals surface area contributed by atoms with Crippen LogP contribution in [0.2, 0.25) is 0 Å². The molecule has 0 saturated carbocycles. The van der Waals surface area contributed by atoms with Gasteiger partial charge in [0.15, 0.2) is 0 Å². The average Bonchev–Trinajstić information content (AvgIpc) is 2.79. The summed E-state index contributed by atoms with van der Waals surface area (Å²) in [6.07, 6.45) is 2.17. The molecule has 116 valence electrons. The summed E-state index contributed by atoms with van der Waals surface area (Å²) in [5.74, 6) is -0.286. The highest BCUT2D eigenvalue weighted by molar-refractivity contribution is 5.95. The molecular formula is C16H19N3O3. The summed E-state index contributed by atoms with van der Waals surface area (Å²) in [7, 11) is 0. The quantitative estimate of drug-likeness (QED) is 0.800. The maximum Gasteiger partial charge on any atom is 0.303 e. The van der Waals surface area contributed by atoms with Gasteiger partial charge >= 0.3 is 5.97 Å². The van der Waals surface area contributed by atoms with Crippen molar-refractivity contribution in [2.75, 3.05) is 6.54 Å². The third-order valence-electron chi connectivity index (χ3n) is 3.41. The fraction of sp³-hybridized carbons (Fsp3) is 0.312. The second kappa shape index (κ2) is 6.89. The number of aliphatic carboxylic acids is 1. The zero-order chi connectivity index (χ0) is 16.1. The Hall–Kier alpha value is -2.63. The highest BCUT2D eigenvalue weighted by atomic mass is 16.4. The van der Waals surface area contributed by atoms with Gasteiger partial charge in [-0.15, -0.1) is 0 Å². The number of hydrogen-bond acceptors (Lipinski definition) is 3. The molecule has 0 aliphatic rings. The Morgan fingerprint density at radius 1 is 1.32 bits per heavy atom. The van der Waals surface area contributed by atoms with E-state index in [1.165, 1.54) is 0 Å². The molecule has 0 unspecified atom stereocenters. The molecule has 6 nitrogen and oxygen atoms in total. The smallest absolute Gasteiger partial charge is 0.303 e. The molecule has 0 fully saturated rings. The third kappa shape index (κ3) is 3.52. The second-order valence-electron chi connectivity index (χ2n) is 5.06. The number of aromatic nitrogens is 2. The zero-order valence-corrected chi connectivity index (χ0v) is 12.7. The van der Waals surface area contributed by atoms with Crippen LogP contribution in [0, 0.1) is 13.8 Å². The van der Waals surface area contributed by atoms with Crippen molar-refractivity contribution >= 4 is 11.9 Å². The topological polar surface area (TPSA) is 84.2 Å². The van der Waals surface area contributed by atoms with Crippen LogP contribution in [0.4, 0.5) is 0 Å². The summed E-state index contributed by atoms with van der Waals surface area (Å²) < 4.78 is 1.92. The molecule has 0 bridgehead atoms. The third-order valence-corrected chi connectivity index (χ3v) is 3.41. The predicted octanol–water partition coefficient (Wildman–Crippen LogP) is 2.08. The van der Waals surface area contributed by atoms with Crippen molar-refractivity contribution in [1.82, 2.24) is 14.9 Å². The van der Waals surface area contributed by atoms with Crippen LogP contribution in [0.5, 0.6) is 0 Å². The Morgan fingerprint density at radius 2 is 2.09 bits per heavy atom. The predicted molar refractivity (Wildman–Crippen MR) is 82.2 cm³/mol. The first kappa shape index (κ1) is 15.8. The van der Waals surface area contributed by atoms with E-state index in [0.29, 0.717) is 18.5 Å². The van der Waals surface area contributed by atoms with E-state index in [9.17, 15) is 9.59 Å². The first-order valence-corrected chi connectivity index (χ1v) is 7.11. The molecule has 0 radical (unpaired) electrons. The standard InChI is InChI=1S/C16H19N3O3/c1-11-10-13(16(22)18-9-5-7-15(20)21)12(2)19(11)14-6-3-4-8-17-14/h3-4,6,8,10H,5,7,9H2,1-2H3,(H,18,22)(H,20,21). The fourth-order valence-electron chi connectivity index (χ4n) is 2.37. The van der Waals surface area contributed by atoms with Gasteiger partial charge in [0.1, 0.15) is 5.82 Å². The summed E-state index contributed by atoms with van der Waals surface area (Å²) in [6.45, 7) is 4.13. The summed E-state index contributed by atoms with van der Waals surface area (Å²) in [5, 5.41) is 11.3. The van der Waals surface area contributed by atoms with E-state index >= 15 is 0 Å². The number of carbonyl (C=O) groups excluding carboxylic acids is 1. The number of carboxylic acids is 1.